The molecular weight excluding hydrogens is 838 g/mol. The number of carbonyl (C=O) groups excluding carboxylic acids is 6. The van der Waals surface area contributed by atoms with Gasteiger partial charge in [0.2, 0.25) is 0 Å². The maximum Gasteiger partial charge on any atom is 0.338 e. The molecule has 3 fully saturated rings. The highest BCUT2D eigenvalue weighted by molar-refractivity contribution is 6.30. The molecule has 3 aliphatic carbocycles. The van der Waals surface area contributed by atoms with Crippen LogP contribution in [0.15, 0.2) is 96.1 Å². The first-order chi connectivity index (χ1) is 29.7. The average molecular weight is 888 g/mol. The number of ether oxygens (including phenoxy) is 5. The predicted molar refractivity (Wildman–Crippen MR) is 223 cm³/mol. The van der Waals surface area contributed by atoms with E-state index in [1.165, 1.54) is 32.0 Å². The zero-order valence-corrected chi connectivity index (χ0v) is 36.3. The third-order valence-corrected chi connectivity index (χ3v) is 13.8. The van der Waals surface area contributed by atoms with Crippen LogP contribution >= 0.6 is 11.6 Å². The number of aliphatic hydroxyl groups is 3. The minimum atomic E-state index is -2.41. The molecule has 334 valence electrons. The molecule has 1 unspecified atom stereocenters. The molecule has 0 spiro atoms. The van der Waals surface area contributed by atoms with Crippen molar-refractivity contribution in [3.63, 3.8) is 0 Å². The smallest absolute Gasteiger partial charge is 0.338 e. The fraction of sp³-hybridized carbons (Fsp3) is 0.447. The molecule has 2 bridgehead atoms. The van der Waals surface area contributed by atoms with E-state index in [4.69, 9.17) is 35.3 Å². The highest BCUT2D eigenvalue weighted by Gasteiger charge is 2.78. The van der Waals surface area contributed by atoms with Crippen molar-refractivity contribution in [2.24, 2.45) is 16.7 Å². The third kappa shape index (κ3) is 7.73. The maximum absolute atomic E-state index is 15.5. The van der Waals surface area contributed by atoms with Crippen molar-refractivity contribution in [2.45, 2.75) is 108 Å². The molecule has 1 amide bonds. The van der Waals surface area contributed by atoms with Crippen LogP contribution in [0.4, 0.5) is 0 Å². The number of rotatable bonds is 10. The van der Waals surface area contributed by atoms with Crippen molar-refractivity contribution in [3.05, 3.63) is 118 Å². The molecule has 15 nitrogen and oxygen atoms in total. The second-order valence-corrected chi connectivity index (χ2v) is 17.9. The van der Waals surface area contributed by atoms with Gasteiger partial charge in [0.05, 0.1) is 35.6 Å². The molecule has 4 aliphatic rings. The van der Waals surface area contributed by atoms with E-state index in [0.717, 1.165) is 13.8 Å². The Kier molecular flexibility index (Phi) is 12.2. The number of halogens is 1. The van der Waals surface area contributed by atoms with Gasteiger partial charge in [0, 0.05) is 42.7 Å². The number of nitrogens with one attached hydrogen (secondary N) is 1. The third-order valence-electron chi connectivity index (χ3n) is 13.5. The van der Waals surface area contributed by atoms with Crippen LogP contribution in [0.5, 0.6) is 0 Å². The number of esters is 4. The number of fused-ring (bicyclic) bond motifs is 5. The molecule has 0 aromatic heterocycles. The van der Waals surface area contributed by atoms with Gasteiger partial charge in [-0.3, -0.25) is 19.2 Å². The quantitative estimate of drug-likeness (QED) is 0.126. The van der Waals surface area contributed by atoms with E-state index >= 15 is 4.79 Å². The van der Waals surface area contributed by atoms with Gasteiger partial charge in [-0.1, -0.05) is 74.0 Å². The van der Waals surface area contributed by atoms with Crippen LogP contribution in [0.1, 0.15) is 86.7 Å². The number of aliphatic hydroxyl groups excluding tert-OH is 2. The largest absolute Gasteiger partial charge is 0.456 e. The summed E-state index contributed by atoms with van der Waals surface area (Å²) in [4.78, 5) is 83.6. The van der Waals surface area contributed by atoms with Crippen molar-refractivity contribution in [2.75, 3.05) is 6.61 Å². The van der Waals surface area contributed by atoms with E-state index in [0.29, 0.717) is 0 Å². The summed E-state index contributed by atoms with van der Waals surface area (Å²) in [6.45, 7) is 7.91. The molecular formula is C47H50ClNO14. The second-order valence-electron chi connectivity index (χ2n) is 17.5. The maximum atomic E-state index is 15.5. The monoisotopic (exact) mass is 887 g/mol. The van der Waals surface area contributed by atoms with Crippen molar-refractivity contribution in [1.82, 2.24) is 5.32 Å². The lowest BCUT2D eigenvalue weighted by Gasteiger charge is -2.67. The summed E-state index contributed by atoms with van der Waals surface area (Å²) in [6, 6.07) is 20.6. The predicted octanol–water partition coefficient (Wildman–Crippen LogP) is 4.39. The number of Topliss-reactive ketones (excluding diaryl/α,β-unsaturated/α-hetero) is 1. The Bertz CT molecular complexity index is 2350. The van der Waals surface area contributed by atoms with Crippen LogP contribution in [0.25, 0.3) is 0 Å². The Morgan fingerprint density at radius 2 is 1.51 bits per heavy atom. The van der Waals surface area contributed by atoms with Crippen LogP contribution in [-0.2, 0) is 42.9 Å². The number of benzene rings is 3. The van der Waals surface area contributed by atoms with Crippen LogP contribution in [-0.4, -0.2) is 105 Å². The van der Waals surface area contributed by atoms with E-state index in [1.54, 1.807) is 80.6 Å². The van der Waals surface area contributed by atoms with Gasteiger partial charge in [-0.05, 0) is 67.0 Å². The fourth-order valence-electron chi connectivity index (χ4n) is 10.2. The number of amides is 1. The zero-order valence-electron chi connectivity index (χ0n) is 35.5. The van der Waals surface area contributed by atoms with Crippen LogP contribution in [0.3, 0.4) is 0 Å². The number of ketones is 1. The molecule has 2 saturated carbocycles. The van der Waals surface area contributed by atoms with Crippen molar-refractivity contribution in [1.29, 1.82) is 0 Å². The van der Waals surface area contributed by atoms with Gasteiger partial charge in [-0.15, -0.1) is 0 Å². The van der Waals surface area contributed by atoms with Gasteiger partial charge < -0.3 is 44.3 Å². The molecule has 3 aromatic carbocycles. The standard InChI is InChI=1S/C47H50ClNO14/c1-24-31(61-43(57)36(53)35(29-18-13-19-30(48)20-29)49-41(55)27-14-9-7-10-15-27)22-47(58)40(62-42(56)28-16-11-8-12-17-28)38-45(6,32(52)21-33-46(38,23-59-33)63-26(3)51)39(54)37(60-25(2)50)34(24)44(47,4)5/h7-20,31-33,35-38,40,52-53,58H,21-23H2,1-6H3,(H,49,55)/t31-,32-,33+,35+,36+,37+,38?,40-,45+,46-,47+/m0/s1. The van der Waals surface area contributed by atoms with Crippen molar-refractivity contribution in [3.8, 4) is 0 Å². The topological polar surface area (TPSA) is 221 Å². The Morgan fingerprint density at radius 1 is 0.873 bits per heavy atom. The first-order valence-electron chi connectivity index (χ1n) is 20.6. The molecule has 0 radical (unpaired) electrons. The SMILES string of the molecule is CC(=O)O[C@H]1C(=O)[C@@]2(C)C([C@H](OC(=O)c3ccccc3)[C@]3(O)C[C@H](OC(=O)[C@H](O)[C@H](NC(=O)c4ccccc4)c4cccc(Cl)c4)C(C)=C1C3(C)C)[C@]1(OC(C)=O)CO[C@@H]1C[C@@H]2O. The van der Waals surface area contributed by atoms with Gasteiger partial charge in [-0.25, -0.2) is 9.59 Å². The number of carbonyl (C=O) groups is 6. The van der Waals surface area contributed by atoms with Gasteiger partial charge in [0.25, 0.3) is 5.91 Å². The fourth-order valence-corrected chi connectivity index (χ4v) is 10.4. The van der Waals surface area contributed by atoms with E-state index in [-0.39, 0.29) is 45.9 Å². The molecule has 16 heteroatoms. The summed E-state index contributed by atoms with van der Waals surface area (Å²) in [5.74, 6) is -6.98. The minimum Gasteiger partial charge on any atom is -0.456 e. The number of hydrogen-bond acceptors (Lipinski definition) is 14. The number of hydrogen-bond donors (Lipinski definition) is 4. The Labute approximate surface area is 368 Å². The van der Waals surface area contributed by atoms with E-state index in [1.807, 2.05) is 0 Å². The summed E-state index contributed by atoms with van der Waals surface area (Å²) < 4.78 is 30.3. The van der Waals surface area contributed by atoms with Gasteiger partial charge >= 0.3 is 23.9 Å². The molecule has 63 heavy (non-hydrogen) atoms. The van der Waals surface area contributed by atoms with Gasteiger partial charge in [0.1, 0.15) is 23.9 Å². The highest BCUT2D eigenvalue weighted by atomic mass is 35.5. The molecule has 4 N–H and O–H groups in total. The van der Waals surface area contributed by atoms with E-state index < -0.39 is 113 Å². The highest BCUT2D eigenvalue weighted by Crippen LogP contribution is 2.64. The van der Waals surface area contributed by atoms with Crippen molar-refractivity contribution >= 4 is 47.2 Å². The van der Waals surface area contributed by atoms with Gasteiger partial charge in [0.15, 0.2) is 23.6 Å². The lowest BCUT2D eigenvalue weighted by atomic mass is 9.44. The molecule has 11 atom stereocenters. The first-order valence-corrected chi connectivity index (χ1v) is 21.0. The normalized spacial score (nSPS) is 31.6. The molecule has 1 saturated heterocycles. The Balaban J connectivity index is 1.39. The summed E-state index contributed by atoms with van der Waals surface area (Å²) in [6.07, 6.45) is -10.7. The van der Waals surface area contributed by atoms with Crippen LogP contribution in [0.2, 0.25) is 5.02 Å². The Morgan fingerprint density at radius 3 is 2.08 bits per heavy atom. The van der Waals surface area contributed by atoms with Crippen LogP contribution < -0.4 is 5.32 Å². The van der Waals surface area contributed by atoms with Gasteiger partial charge in [-0.2, -0.15) is 0 Å². The summed E-state index contributed by atoms with van der Waals surface area (Å²) in [7, 11) is 0. The van der Waals surface area contributed by atoms with E-state index in [2.05, 4.69) is 5.32 Å². The second kappa shape index (κ2) is 16.9. The summed E-state index contributed by atoms with van der Waals surface area (Å²) in [5, 5.41) is 40.5. The van der Waals surface area contributed by atoms with Crippen LogP contribution in [0, 0.1) is 16.7 Å². The first kappa shape index (κ1) is 45.6. The molecule has 1 aliphatic heterocycles. The lowest BCUT2D eigenvalue weighted by molar-refractivity contribution is -0.346. The average Bonchev–Trinajstić information content (AvgIpc) is 3.23. The molecule has 7 rings (SSSR count). The molecule has 3 aromatic rings. The summed E-state index contributed by atoms with van der Waals surface area (Å²) >= 11 is 6.31. The van der Waals surface area contributed by atoms with Crippen molar-refractivity contribution < 1.29 is 67.8 Å². The minimum absolute atomic E-state index is 0.0198. The zero-order chi connectivity index (χ0) is 45.8. The molecule has 1 heterocycles. The lowest BCUT2D eigenvalue weighted by Crippen LogP contribution is -2.82. The van der Waals surface area contributed by atoms with E-state index in [9.17, 15) is 39.3 Å². The summed E-state index contributed by atoms with van der Waals surface area (Å²) in [5.41, 5.74) is -7.28. The Hall–Kier alpha value is -5.45.